The summed E-state index contributed by atoms with van der Waals surface area (Å²) in [5.41, 5.74) is 7.63. The summed E-state index contributed by atoms with van der Waals surface area (Å²) in [5, 5.41) is 9.54. The number of nitrogens with zero attached hydrogens (tertiary/aromatic N) is 4. The predicted molar refractivity (Wildman–Crippen MR) is 101 cm³/mol. The molecule has 2 aromatic heterocycles. The van der Waals surface area contributed by atoms with E-state index < -0.39 is 0 Å². The minimum absolute atomic E-state index is 0.233. The molecular weight excluding hydrogens is 350 g/mol. The summed E-state index contributed by atoms with van der Waals surface area (Å²) in [6.45, 7) is 2.55. The molecule has 0 saturated heterocycles. The molecule has 0 aliphatic heterocycles. The number of ether oxygens (including phenoxy) is 1. The van der Waals surface area contributed by atoms with E-state index in [2.05, 4.69) is 15.2 Å². The van der Waals surface area contributed by atoms with Gasteiger partial charge >= 0.3 is 0 Å². The van der Waals surface area contributed by atoms with Gasteiger partial charge in [-0.25, -0.2) is 4.98 Å². The first-order valence-corrected chi connectivity index (χ1v) is 9.09. The van der Waals surface area contributed by atoms with Crippen molar-refractivity contribution in [3.63, 3.8) is 0 Å². The molecule has 1 saturated carbocycles. The Morgan fingerprint density at radius 2 is 2.08 bits per heavy atom. The first-order valence-electron chi connectivity index (χ1n) is 8.71. The molecule has 2 N–H and O–H groups in total. The molecule has 26 heavy (non-hydrogen) atoms. The van der Waals surface area contributed by atoms with E-state index in [1.807, 2.05) is 47.9 Å². The molecule has 0 radical (unpaired) electrons. The van der Waals surface area contributed by atoms with E-state index in [1.165, 1.54) is 0 Å². The molecule has 0 spiro atoms. The summed E-state index contributed by atoms with van der Waals surface area (Å²) >= 11 is 6.21. The van der Waals surface area contributed by atoms with E-state index in [-0.39, 0.29) is 6.04 Å². The van der Waals surface area contributed by atoms with E-state index in [0.29, 0.717) is 23.4 Å². The Labute approximate surface area is 157 Å². The second-order valence-electron chi connectivity index (χ2n) is 6.44. The second-order valence-corrected chi connectivity index (χ2v) is 6.87. The summed E-state index contributed by atoms with van der Waals surface area (Å²) in [5.74, 6) is 2.62. The summed E-state index contributed by atoms with van der Waals surface area (Å²) in [4.78, 5) is 4.50. The van der Waals surface area contributed by atoms with Gasteiger partial charge in [-0.1, -0.05) is 17.7 Å². The second kappa shape index (κ2) is 7.05. The van der Waals surface area contributed by atoms with Gasteiger partial charge in [-0.2, -0.15) is 0 Å². The van der Waals surface area contributed by atoms with E-state index in [0.717, 1.165) is 35.8 Å². The molecule has 1 aliphatic rings. The van der Waals surface area contributed by atoms with Crippen molar-refractivity contribution in [3.05, 3.63) is 53.4 Å². The third kappa shape index (κ3) is 3.18. The number of hydrogen-bond donors (Lipinski definition) is 1. The van der Waals surface area contributed by atoms with E-state index >= 15 is 0 Å². The number of hydrogen-bond acceptors (Lipinski definition) is 5. The van der Waals surface area contributed by atoms with E-state index in [9.17, 15) is 0 Å². The lowest BCUT2D eigenvalue weighted by atomic mass is 9.80. The van der Waals surface area contributed by atoms with Crippen LogP contribution < -0.4 is 10.5 Å². The van der Waals surface area contributed by atoms with Gasteiger partial charge in [-0.15, -0.1) is 10.2 Å². The third-order valence-electron chi connectivity index (χ3n) is 4.57. The van der Waals surface area contributed by atoms with Crippen molar-refractivity contribution in [2.45, 2.75) is 31.7 Å². The van der Waals surface area contributed by atoms with Crippen molar-refractivity contribution in [2.24, 2.45) is 5.73 Å². The monoisotopic (exact) mass is 369 g/mol. The molecule has 0 amide bonds. The molecule has 134 valence electrons. The predicted octanol–water partition coefficient (Wildman–Crippen LogP) is 3.59. The molecule has 1 fully saturated rings. The SMILES string of the molecule is CCOc1ccc(-c2nnc(C3CC(N)C3)n2-c2cccc(Cl)c2)nc1. The lowest BCUT2D eigenvalue weighted by Crippen LogP contribution is -2.36. The van der Waals surface area contributed by atoms with Crippen LogP contribution >= 0.6 is 11.6 Å². The molecule has 0 bridgehead atoms. The fraction of sp³-hybridized carbons (Fsp3) is 0.316. The summed E-state index contributed by atoms with van der Waals surface area (Å²) in [6.07, 6.45) is 3.53. The van der Waals surface area contributed by atoms with Crippen molar-refractivity contribution >= 4 is 11.6 Å². The van der Waals surface area contributed by atoms with Crippen molar-refractivity contribution < 1.29 is 4.74 Å². The zero-order valence-electron chi connectivity index (χ0n) is 14.5. The van der Waals surface area contributed by atoms with Crippen LogP contribution in [0.15, 0.2) is 42.6 Å². The smallest absolute Gasteiger partial charge is 0.187 e. The van der Waals surface area contributed by atoms with Crippen LogP contribution in [0.3, 0.4) is 0 Å². The first kappa shape index (κ1) is 17.0. The Morgan fingerprint density at radius 3 is 2.73 bits per heavy atom. The molecule has 3 aromatic rings. The number of benzene rings is 1. The number of rotatable bonds is 5. The zero-order valence-corrected chi connectivity index (χ0v) is 15.2. The Hall–Kier alpha value is -2.44. The maximum atomic E-state index is 6.21. The van der Waals surface area contributed by atoms with Gasteiger partial charge < -0.3 is 10.5 Å². The van der Waals surface area contributed by atoms with Crippen molar-refractivity contribution in [2.75, 3.05) is 6.61 Å². The Bertz CT molecular complexity index is 903. The van der Waals surface area contributed by atoms with Crippen LogP contribution in [-0.2, 0) is 0 Å². The van der Waals surface area contributed by atoms with Crippen molar-refractivity contribution in [1.29, 1.82) is 0 Å². The fourth-order valence-corrected chi connectivity index (χ4v) is 3.42. The van der Waals surface area contributed by atoms with Gasteiger partial charge in [0.2, 0.25) is 0 Å². The molecule has 1 aliphatic carbocycles. The summed E-state index contributed by atoms with van der Waals surface area (Å²) in [7, 11) is 0. The number of pyridine rings is 1. The largest absolute Gasteiger partial charge is 0.492 e. The van der Waals surface area contributed by atoms with Crippen LogP contribution in [0.4, 0.5) is 0 Å². The Balaban J connectivity index is 1.79. The molecule has 2 heterocycles. The standard InChI is InChI=1S/C19H20ClN5O/c1-2-26-16-6-7-17(22-11-16)19-24-23-18(12-8-14(21)9-12)25(19)15-5-3-4-13(20)10-15/h3-7,10-12,14H,2,8-9,21H2,1H3. The highest BCUT2D eigenvalue weighted by Gasteiger charge is 2.33. The van der Waals surface area contributed by atoms with Gasteiger partial charge in [-0.05, 0) is 50.1 Å². The van der Waals surface area contributed by atoms with Gasteiger partial charge in [0, 0.05) is 17.0 Å². The number of aromatic nitrogens is 4. The molecule has 1 aromatic carbocycles. The molecular formula is C19H20ClN5O. The normalized spacial score (nSPS) is 19.2. The van der Waals surface area contributed by atoms with Gasteiger partial charge in [0.05, 0.1) is 18.5 Å². The zero-order chi connectivity index (χ0) is 18.1. The van der Waals surface area contributed by atoms with Gasteiger partial charge in [0.1, 0.15) is 17.3 Å². The third-order valence-corrected chi connectivity index (χ3v) is 4.81. The van der Waals surface area contributed by atoms with E-state index in [4.69, 9.17) is 22.1 Å². The lowest BCUT2D eigenvalue weighted by Gasteiger charge is -2.31. The summed E-state index contributed by atoms with van der Waals surface area (Å²) < 4.78 is 7.51. The van der Waals surface area contributed by atoms with Crippen LogP contribution in [0.25, 0.3) is 17.2 Å². The van der Waals surface area contributed by atoms with Crippen LogP contribution in [-0.4, -0.2) is 32.4 Å². The maximum Gasteiger partial charge on any atom is 0.187 e. The molecule has 4 rings (SSSR count). The minimum atomic E-state index is 0.233. The van der Waals surface area contributed by atoms with Crippen molar-refractivity contribution in [3.8, 4) is 23.0 Å². The highest BCUT2D eigenvalue weighted by Crippen LogP contribution is 2.37. The molecule has 7 heteroatoms. The number of halogens is 1. The first-order chi connectivity index (χ1) is 12.7. The van der Waals surface area contributed by atoms with Crippen LogP contribution in [0, 0.1) is 0 Å². The summed E-state index contributed by atoms with van der Waals surface area (Å²) in [6, 6.07) is 11.7. The van der Waals surface area contributed by atoms with Crippen LogP contribution in [0.1, 0.15) is 31.5 Å². The van der Waals surface area contributed by atoms with Crippen molar-refractivity contribution in [1.82, 2.24) is 19.7 Å². The molecule has 0 atom stereocenters. The maximum absolute atomic E-state index is 6.21. The fourth-order valence-electron chi connectivity index (χ4n) is 3.23. The van der Waals surface area contributed by atoms with Crippen LogP contribution in [0.5, 0.6) is 5.75 Å². The topological polar surface area (TPSA) is 78.9 Å². The van der Waals surface area contributed by atoms with Gasteiger partial charge in [0.15, 0.2) is 5.82 Å². The molecule has 0 unspecified atom stereocenters. The van der Waals surface area contributed by atoms with E-state index in [1.54, 1.807) is 6.20 Å². The average Bonchev–Trinajstić information content (AvgIpc) is 3.04. The Morgan fingerprint density at radius 1 is 1.23 bits per heavy atom. The average molecular weight is 370 g/mol. The van der Waals surface area contributed by atoms with Crippen LogP contribution in [0.2, 0.25) is 5.02 Å². The quantitative estimate of drug-likeness (QED) is 0.743. The highest BCUT2D eigenvalue weighted by molar-refractivity contribution is 6.30. The lowest BCUT2D eigenvalue weighted by molar-refractivity contribution is 0.335. The van der Waals surface area contributed by atoms with Gasteiger partial charge in [0.25, 0.3) is 0 Å². The Kier molecular flexibility index (Phi) is 4.61. The van der Waals surface area contributed by atoms with Gasteiger partial charge in [-0.3, -0.25) is 4.57 Å². The minimum Gasteiger partial charge on any atom is -0.492 e. The molecule has 6 nitrogen and oxygen atoms in total. The highest BCUT2D eigenvalue weighted by atomic mass is 35.5. The number of nitrogens with two attached hydrogens (primary N) is 1.